The van der Waals surface area contributed by atoms with E-state index in [4.69, 9.17) is 4.74 Å². The van der Waals surface area contributed by atoms with Crippen LogP contribution >= 0.6 is 11.3 Å². The molecule has 2 heterocycles. The van der Waals surface area contributed by atoms with Crippen LogP contribution in [0.15, 0.2) is 35.1 Å². The summed E-state index contributed by atoms with van der Waals surface area (Å²) in [5.74, 6) is -0.435. The van der Waals surface area contributed by atoms with Crippen LogP contribution in [0.1, 0.15) is 61.6 Å². The summed E-state index contributed by atoms with van der Waals surface area (Å²) in [7, 11) is 0. The van der Waals surface area contributed by atoms with E-state index in [2.05, 4.69) is 29.2 Å². The normalized spacial score (nSPS) is 11.3. The Morgan fingerprint density at radius 2 is 1.91 bits per heavy atom. The van der Waals surface area contributed by atoms with E-state index in [1.807, 2.05) is 13.8 Å². The quantitative estimate of drug-likeness (QED) is 0.487. The van der Waals surface area contributed by atoms with E-state index in [-0.39, 0.29) is 29.6 Å². The molecular weight excluding hydrogens is 428 g/mol. The molecule has 0 aliphatic rings. The number of carbonyl (C=O) groups is 2. The molecule has 0 saturated heterocycles. The Labute approximate surface area is 190 Å². The van der Waals surface area contributed by atoms with Gasteiger partial charge in [-0.3, -0.25) is 9.59 Å². The number of aromatic nitrogens is 3. The summed E-state index contributed by atoms with van der Waals surface area (Å²) < 4.78 is 6.68. The van der Waals surface area contributed by atoms with Crippen LogP contribution in [0.4, 0.5) is 5.69 Å². The average Bonchev–Trinajstić information content (AvgIpc) is 3.15. The van der Waals surface area contributed by atoms with Crippen LogP contribution in [0, 0.1) is 11.8 Å². The van der Waals surface area contributed by atoms with Crippen LogP contribution in [-0.2, 0) is 22.6 Å². The van der Waals surface area contributed by atoms with Gasteiger partial charge in [-0.1, -0.05) is 51.2 Å². The highest BCUT2D eigenvalue weighted by Gasteiger charge is 2.19. The van der Waals surface area contributed by atoms with Gasteiger partial charge in [-0.05, 0) is 30.9 Å². The number of nitrogens with one attached hydrogen (secondary N) is 1. The molecule has 32 heavy (non-hydrogen) atoms. The Morgan fingerprint density at radius 3 is 2.59 bits per heavy atom. The number of carbonyl (C=O) groups excluding carboxylic acids is 2. The first-order valence-electron chi connectivity index (χ1n) is 10.8. The maximum Gasteiger partial charge on any atom is 0.340 e. The standard InChI is InChI=1S/C23H28N4O4S/c1-5-15(6-2)21(29)25-18-10-8-7-9-17(18)22(30)31-13-16-12-20(28)27-23(24-16)32-19(26-27)11-14(3)4/h7-10,12,14-15H,5-6,11,13H2,1-4H3,(H,25,29). The van der Waals surface area contributed by atoms with Crippen molar-refractivity contribution in [1.29, 1.82) is 0 Å². The predicted octanol–water partition coefficient (Wildman–Crippen LogP) is 4.08. The molecular formula is C23H28N4O4S. The van der Waals surface area contributed by atoms with Gasteiger partial charge in [-0.25, -0.2) is 9.78 Å². The monoisotopic (exact) mass is 456 g/mol. The number of rotatable bonds is 9. The second-order valence-corrected chi connectivity index (χ2v) is 9.04. The number of hydrogen-bond donors (Lipinski definition) is 1. The van der Waals surface area contributed by atoms with Crippen molar-refractivity contribution in [3.05, 3.63) is 57.0 Å². The van der Waals surface area contributed by atoms with Crippen LogP contribution in [0.5, 0.6) is 0 Å². The number of amides is 1. The maximum absolute atomic E-state index is 12.7. The van der Waals surface area contributed by atoms with Crippen molar-refractivity contribution in [2.45, 2.75) is 53.6 Å². The van der Waals surface area contributed by atoms with Crippen molar-refractivity contribution in [3.63, 3.8) is 0 Å². The summed E-state index contributed by atoms with van der Waals surface area (Å²) in [6.45, 7) is 7.91. The van der Waals surface area contributed by atoms with E-state index in [9.17, 15) is 14.4 Å². The van der Waals surface area contributed by atoms with Gasteiger partial charge < -0.3 is 10.1 Å². The van der Waals surface area contributed by atoms with Crippen LogP contribution in [0.2, 0.25) is 0 Å². The van der Waals surface area contributed by atoms with Gasteiger partial charge in [0.25, 0.3) is 5.56 Å². The molecule has 0 atom stereocenters. The second kappa shape index (κ2) is 10.5. The fraction of sp³-hybridized carbons (Fsp3) is 0.435. The van der Waals surface area contributed by atoms with Crippen LogP contribution in [-0.4, -0.2) is 26.5 Å². The molecule has 0 bridgehead atoms. The zero-order valence-electron chi connectivity index (χ0n) is 18.8. The number of anilines is 1. The lowest BCUT2D eigenvalue weighted by Crippen LogP contribution is -2.23. The number of hydrogen-bond acceptors (Lipinski definition) is 7. The fourth-order valence-electron chi connectivity index (χ4n) is 3.28. The molecule has 8 nitrogen and oxygen atoms in total. The number of fused-ring (bicyclic) bond motifs is 1. The summed E-state index contributed by atoms with van der Waals surface area (Å²) in [5.41, 5.74) is 0.687. The number of nitrogens with zero attached hydrogens (tertiary/aromatic N) is 3. The molecule has 1 N–H and O–H groups in total. The Kier molecular flexibility index (Phi) is 7.74. The third-order valence-corrected chi connectivity index (χ3v) is 5.97. The largest absolute Gasteiger partial charge is 0.456 e. The Balaban J connectivity index is 1.74. The van der Waals surface area contributed by atoms with E-state index < -0.39 is 5.97 Å². The van der Waals surface area contributed by atoms with E-state index in [1.165, 1.54) is 21.9 Å². The third kappa shape index (κ3) is 5.59. The van der Waals surface area contributed by atoms with E-state index in [0.29, 0.717) is 22.3 Å². The van der Waals surface area contributed by atoms with E-state index >= 15 is 0 Å². The number of esters is 1. The lowest BCUT2D eigenvalue weighted by Gasteiger charge is -2.15. The Morgan fingerprint density at radius 1 is 1.19 bits per heavy atom. The summed E-state index contributed by atoms with van der Waals surface area (Å²) >= 11 is 1.35. The number of benzene rings is 1. The molecule has 0 aliphatic carbocycles. The van der Waals surface area contributed by atoms with Crippen molar-refractivity contribution >= 4 is 33.9 Å². The lowest BCUT2D eigenvalue weighted by atomic mass is 10.0. The topological polar surface area (TPSA) is 103 Å². The lowest BCUT2D eigenvalue weighted by molar-refractivity contribution is -0.120. The Bertz CT molecular complexity index is 1160. The SMILES string of the molecule is CCC(CC)C(=O)Nc1ccccc1C(=O)OCc1cc(=O)n2nc(CC(C)C)sc2n1. The van der Waals surface area contributed by atoms with E-state index in [1.54, 1.807) is 24.3 Å². The third-order valence-electron chi connectivity index (χ3n) is 5.04. The molecule has 0 aliphatic heterocycles. The first kappa shape index (κ1) is 23.6. The molecule has 0 radical (unpaired) electrons. The molecule has 0 fully saturated rings. The summed E-state index contributed by atoms with van der Waals surface area (Å²) in [6.07, 6.45) is 2.20. The van der Waals surface area contributed by atoms with Crippen molar-refractivity contribution in [2.75, 3.05) is 5.32 Å². The molecule has 0 unspecified atom stereocenters. The van der Waals surface area contributed by atoms with Crippen molar-refractivity contribution in [3.8, 4) is 0 Å². The van der Waals surface area contributed by atoms with Crippen molar-refractivity contribution in [1.82, 2.24) is 14.6 Å². The van der Waals surface area contributed by atoms with Crippen LogP contribution in [0.3, 0.4) is 0 Å². The summed E-state index contributed by atoms with van der Waals surface area (Å²) in [5, 5.41) is 7.98. The van der Waals surface area contributed by atoms with Gasteiger partial charge in [0.2, 0.25) is 10.9 Å². The smallest absolute Gasteiger partial charge is 0.340 e. The highest BCUT2D eigenvalue weighted by Crippen LogP contribution is 2.20. The Hall–Kier alpha value is -3.07. The fourth-order valence-corrected chi connectivity index (χ4v) is 4.41. The molecule has 0 spiro atoms. The minimum absolute atomic E-state index is 0.122. The van der Waals surface area contributed by atoms with Gasteiger partial charge in [0.05, 0.1) is 16.9 Å². The maximum atomic E-state index is 12.7. The van der Waals surface area contributed by atoms with Crippen LogP contribution in [0.25, 0.3) is 4.96 Å². The average molecular weight is 457 g/mol. The minimum atomic E-state index is -0.600. The van der Waals surface area contributed by atoms with Gasteiger partial charge in [-0.2, -0.15) is 9.61 Å². The first-order chi connectivity index (χ1) is 15.3. The molecule has 1 amide bonds. The molecule has 0 saturated carbocycles. The molecule has 1 aromatic carbocycles. The number of ether oxygens (including phenoxy) is 1. The highest BCUT2D eigenvalue weighted by atomic mass is 32.1. The predicted molar refractivity (Wildman–Crippen MR) is 124 cm³/mol. The van der Waals surface area contributed by atoms with Gasteiger partial charge in [0.1, 0.15) is 11.6 Å². The van der Waals surface area contributed by atoms with Crippen LogP contribution < -0.4 is 10.9 Å². The molecule has 3 rings (SSSR count). The highest BCUT2D eigenvalue weighted by molar-refractivity contribution is 7.16. The van der Waals surface area contributed by atoms with Gasteiger partial charge in [-0.15, -0.1) is 0 Å². The zero-order valence-corrected chi connectivity index (χ0v) is 19.6. The summed E-state index contributed by atoms with van der Waals surface area (Å²) in [6, 6.07) is 8.03. The zero-order chi connectivity index (χ0) is 23.3. The van der Waals surface area contributed by atoms with Crippen molar-refractivity contribution in [2.24, 2.45) is 11.8 Å². The second-order valence-electron chi connectivity index (χ2n) is 8.00. The molecule has 3 aromatic rings. The summed E-state index contributed by atoms with van der Waals surface area (Å²) in [4.78, 5) is 42.4. The first-order valence-corrected chi connectivity index (χ1v) is 11.6. The van der Waals surface area contributed by atoms with Gasteiger partial charge in [0, 0.05) is 18.4 Å². The minimum Gasteiger partial charge on any atom is -0.456 e. The van der Waals surface area contributed by atoms with Gasteiger partial charge >= 0.3 is 5.97 Å². The van der Waals surface area contributed by atoms with Gasteiger partial charge in [0.15, 0.2) is 0 Å². The molecule has 170 valence electrons. The van der Waals surface area contributed by atoms with E-state index in [0.717, 1.165) is 24.3 Å². The molecule has 2 aromatic heterocycles. The van der Waals surface area contributed by atoms with Crippen molar-refractivity contribution < 1.29 is 14.3 Å². The molecule has 9 heteroatoms. The number of para-hydroxylation sites is 1.